The second kappa shape index (κ2) is 15.8. The number of aliphatic hydroxyl groups is 1. The van der Waals surface area contributed by atoms with Gasteiger partial charge >= 0.3 is 0 Å². The van der Waals surface area contributed by atoms with Crippen LogP contribution in [-0.4, -0.2) is 78.2 Å². The molecule has 0 fully saturated rings. The number of rotatable bonds is 14. The number of aliphatic hydroxyl groups excluding tert-OH is 1. The molecule has 0 saturated carbocycles. The van der Waals surface area contributed by atoms with E-state index in [1.54, 1.807) is 7.11 Å². The topological polar surface area (TPSA) is 69.2 Å². The third kappa shape index (κ3) is 15.8. The molecule has 0 saturated heterocycles. The maximum atomic E-state index is 8.46. The molecular formula is C11H25NO5. The Hall–Kier alpha value is -0.240. The fourth-order valence-electron chi connectivity index (χ4n) is 1.04. The summed E-state index contributed by atoms with van der Waals surface area (Å²) in [5, 5.41) is 11.6. The monoisotopic (exact) mass is 251 g/mol. The highest BCUT2D eigenvalue weighted by molar-refractivity contribution is 4.45. The van der Waals surface area contributed by atoms with Crippen LogP contribution >= 0.6 is 0 Å². The van der Waals surface area contributed by atoms with Gasteiger partial charge in [0.15, 0.2) is 0 Å². The highest BCUT2D eigenvalue weighted by atomic mass is 16.5. The molecule has 0 atom stereocenters. The molecule has 0 aliphatic heterocycles. The number of ether oxygens (including phenoxy) is 4. The van der Waals surface area contributed by atoms with Crippen molar-refractivity contribution in [1.29, 1.82) is 0 Å². The Bertz CT molecular complexity index is 123. The Balaban J connectivity index is 2.85. The molecular weight excluding hydrogens is 226 g/mol. The van der Waals surface area contributed by atoms with Crippen LogP contribution in [0.1, 0.15) is 0 Å². The maximum Gasteiger partial charge on any atom is 0.0701 e. The minimum atomic E-state index is 0.0756. The van der Waals surface area contributed by atoms with E-state index in [2.05, 4.69) is 5.32 Å². The Morgan fingerprint density at radius 1 is 0.765 bits per heavy atom. The minimum Gasteiger partial charge on any atom is -0.394 e. The van der Waals surface area contributed by atoms with Gasteiger partial charge in [-0.25, -0.2) is 0 Å². The van der Waals surface area contributed by atoms with Gasteiger partial charge in [0.2, 0.25) is 0 Å². The molecule has 0 unspecified atom stereocenters. The summed E-state index contributed by atoms with van der Waals surface area (Å²) in [6, 6.07) is 0. The summed E-state index contributed by atoms with van der Waals surface area (Å²) in [5.74, 6) is 0. The summed E-state index contributed by atoms with van der Waals surface area (Å²) in [6.45, 7) is 5.75. The fraction of sp³-hybridized carbons (Fsp3) is 1.00. The average Bonchev–Trinajstić information content (AvgIpc) is 2.35. The van der Waals surface area contributed by atoms with Gasteiger partial charge in [-0.2, -0.15) is 0 Å². The molecule has 0 aromatic heterocycles. The van der Waals surface area contributed by atoms with Crippen LogP contribution in [0, 0.1) is 0 Å². The first kappa shape index (κ1) is 16.8. The number of nitrogens with one attached hydrogen (secondary N) is 1. The molecule has 6 heteroatoms. The molecule has 2 N–H and O–H groups in total. The van der Waals surface area contributed by atoms with Crippen molar-refractivity contribution in [1.82, 2.24) is 5.32 Å². The lowest BCUT2D eigenvalue weighted by Gasteiger charge is -2.07. The summed E-state index contributed by atoms with van der Waals surface area (Å²) in [5.41, 5.74) is 0. The van der Waals surface area contributed by atoms with E-state index >= 15 is 0 Å². The summed E-state index contributed by atoms with van der Waals surface area (Å²) in [7, 11) is 1.65. The Labute approximate surface area is 103 Å². The van der Waals surface area contributed by atoms with Crippen LogP contribution in [0.15, 0.2) is 0 Å². The quantitative estimate of drug-likeness (QED) is 0.397. The minimum absolute atomic E-state index is 0.0756. The molecule has 0 aliphatic rings. The Kier molecular flexibility index (Phi) is 15.5. The van der Waals surface area contributed by atoms with Gasteiger partial charge in [-0.15, -0.1) is 0 Å². The van der Waals surface area contributed by atoms with E-state index in [4.69, 9.17) is 24.1 Å². The lowest BCUT2D eigenvalue weighted by molar-refractivity contribution is 0.0251. The van der Waals surface area contributed by atoms with E-state index in [-0.39, 0.29) is 6.61 Å². The van der Waals surface area contributed by atoms with Crippen molar-refractivity contribution in [3.05, 3.63) is 0 Å². The molecule has 0 amide bonds. The van der Waals surface area contributed by atoms with E-state index in [0.29, 0.717) is 46.2 Å². The fourth-order valence-corrected chi connectivity index (χ4v) is 1.04. The Morgan fingerprint density at radius 2 is 1.29 bits per heavy atom. The van der Waals surface area contributed by atoms with Gasteiger partial charge in [0.1, 0.15) is 0 Å². The van der Waals surface area contributed by atoms with E-state index in [1.165, 1.54) is 0 Å². The lowest BCUT2D eigenvalue weighted by atomic mass is 10.6. The second-order valence-electron chi connectivity index (χ2n) is 3.30. The third-order valence-electron chi connectivity index (χ3n) is 1.89. The zero-order valence-electron chi connectivity index (χ0n) is 10.7. The Morgan fingerprint density at radius 3 is 1.88 bits per heavy atom. The van der Waals surface area contributed by atoms with Crippen LogP contribution in [0.3, 0.4) is 0 Å². The van der Waals surface area contributed by atoms with Crippen LogP contribution in [-0.2, 0) is 18.9 Å². The van der Waals surface area contributed by atoms with E-state index in [9.17, 15) is 0 Å². The number of methoxy groups -OCH3 is 1. The van der Waals surface area contributed by atoms with Gasteiger partial charge in [-0.05, 0) is 0 Å². The van der Waals surface area contributed by atoms with Crippen molar-refractivity contribution < 1.29 is 24.1 Å². The zero-order chi connectivity index (χ0) is 12.6. The van der Waals surface area contributed by atoms with Crippen LogP contribution in [0.2, 0.25) is 0 Å². The van der Waals surface area contributed by atoms with Crippen molar-refractivity contribution in [2.24, 2.45) is 0 Å². The van der Waals surface area contributed by atoms with Gasteiger partial charge < -0.3 is 29.4 Å². The van der Waals surface area contributed by atoms with E-state index in [0.717, 1.165) is 13.1 Å². The lowest BCUT2D eigenvalue weighted by Crippen LogP contribution is -2.25. The van der Waals surface area contributed by atoms with E-state index in [1.807, 2.05) is 0 Å². The number of hydrogen-bond donors (Lipinski definition) is 2. The second-order valence-corrected chi connectivity index (χ2v) is 3.30. The highest BCUT2D eigenvalue weighted by Gasteiger charge is 1.91. The van der Waals surface area contributed by atoms with Crippen molar-refractivity contribution in [2.75, 3.05) is 73.1 Å². The first-order chi connectivity index (χ1) is 8.41. The molecule has 17 heavy (non-hydrogen) atoms. The van der Waals surface area contributed by atoms with Crippen LogP contribution in [0.5, 0.6) is 0 Å². The van der Waals surface area contributed by atoms with Crippen LogP contribution in [0.25, 0.3) is 0 Å². The van der Waals surface area contributed by atoms with Gasteiger partial charge in [0.25, 0.3) is 0 Å². The van der Waals surface area contributed by atoms with Crippen LogP contribution in [0.4, 0.5) is 0 Å². The maximum absolute atomic E-state index is 8.46. The average molecular weight is 251 g/mol. The molecule has 104 valence electrons. The summed E-state index contributed by atoms with van der Waals surface area (Å²) >= 11 is 0. The van der Waals surface area contributed by atoms with Crippen molar-refractivity contribution in [3.8, 4) is 0 Å². The number of hydrogen-bond acceptors (Lipinski definition) is 6. The molecule has 0 radical (unpaired) electrons. The normalized spacial score (nSPS) is 10.9. The molecule has 0 aromatic rings. The standard InChI is InChI=1S/C11H25NO5/c1-14-8-9-17-11-10-16-6-3-12-2-5-15-7-4-13/h12-13H,2-11H2,1H3. The molecule has 0 rings (SSSR count). The molecule has 0 aliphatic carbocycles. The molecule has 0 bridgehead atoms. The van der Waals surface area contributed by atoms with Crippen molar-refractivity contribution in [3.63, 3.8) is 0 Å². The first-order valence-electron chi connectivity index (χ1n) is 5.95. The molecule has 0 heterocycles. The van der Waals surface area contributed by atoms with Gasteiger partial charge in [0.05, 0.1) is 52.9 Å². The summed E-state index contributed by atoms with van der Waals surface area (Å²) < 4.78 is 20.5. The zero-order valence-corrected chi connectivity index (χ0v) is 10.7. The van der Waals surface area contributed by atoms with Gasteiger partial charge in [0, 0.05) is 20.2 Å². The SMILES string of the molecule is COCCOCCOCCNCCOCCO. The van der Waals surface area contributed by atoms with Gasteiger partial charge in [-0.3, -0.25) is 0 Å². The smallest absolute Gasteiger partial charge is 0.0701 e. The van der Waals surface area contributed by atoms with Gasteiger partial charge in [-0.1, -0.05) is 0 Å². The first-order valence-corrected chi connectivity index (χ1v) is 5.95. The van der Waals surface area contributed by atoms with Crippen molar-refractivity contribution in [2.45, 2.75) is 0 Å². The largest absolute Gasteiger partial charge is 0.394 e. The third-order valence-corrected chi connectivity index (χ3v) is 1.89. The predicted molar refractivity (Wildman–Crippen MR) is 64.3 cm³/mol. The summed E-state index contributed by atoms with van der Waals surface area (Å²) in [4.78, 5) is 0. The molecule has 0 aromatic carbocycles. The van der Waals surface area contributed by atoms with Crippen LogP contribution < -0.4 is 5.32 Å². The van der Waals surface area contributed by atoms with E-state index < -0.39 is 0 Å². The molecule has 0 spiro atoms. The predicted octanol–water partition coefficient (Wildman–Crippen LogP) is -0.735. The van der Waals surface area contributed by atoms with Crippen molar-refractivity contribution >= 4 is 0 Å². The summed E-state index contributed by atoms with van der Waals surface area (Å²) in [6.07, 6.45) is 0. The molecule has 6 nitrogen and oxygen atoms in total. The highest BCUT2D eigenvalue weighted by Crippen LogP contribution is 1.79.